The van der Waals surface area contributed by atoms with E-state index in [1.807, 2.05) is 0 Å². The summed E-state index contributed by atoms with van der Waals surface area (Å²) in [6, 6.07) is -2.31. The van der Waals surface area contributed by atoms with E-state index in [0.29, 0.717) is 0 Å². The van der Waals surface area contributed by atoms with Gasteiger partial charge in [-0.1, -0.05) is 0 Å². The highest BCUT2D eigenvalue weighted by Gasteiger charge is 2.35. The lowest BCUT2D eigenvalue weighted by Crippen LogP contribution is -2.56. The van der Waals surface area contributed by atoms with E-state index in [9.17, 15) is 22.8 Å². The molecule has 17 heavy (non-hydrogen) atoms. The number of ether oxygens (including phenoxy) is 1. The molecule has 1 aliphatic rings. The standard InChI is InChI=1S/C8H11F3N2O4/c9-8(10,11)4-12-7(16)13-1-2-17-3-5(13)6(14)15/h5H,1-4H2,(H,12,16)(H,14,15). The Morgan fingerprint density at radius 2 is 2.12 bits per heavy atom. The molecule has 1 saturated heterocycles. The SMILES string of the molecule is O=C(O)C1COCCN1C(=O)NCC(F)(F)F. The van der Waals surface area contributed by atoms with Gasteiger partial charge in [-0.2, -0.15) is 13.2 Å². The van der Waals surface area contributed by atoms with Crippen molar-refractivity contribution < 1.29 is 32.6 Å². The summed E-state index contributed by atoms with van der Waals surface area (Å²) in [5, 5.41) is 10.4. The summed E-state index contributed by atoms with van der Waals surface area (Å²) in [7, 11) is 0. The maximum atomic E-state index is 11.9. The van der Waals surface area contributed by atoms with Crippen molar-refractivity contribution in [3.8, 4) is 0 Å². The molecule has 0 aliphatic carbocycles. The predicted octanol–water partition coefficient (Wildman–Crippen LogP) is 0.0437. The number of nitrogens with zero attached hydrogens (tertiary/aromatic N) is 1. The molecule has 0 bridgehead atoms. The van der Waals surface area contributed by atoms with E-state index in [1.54, 1.807) is 5.32 Å². The lowest BCUT2D eigenvalue weighted by Gasteiger charge is -2.32. The molecule has 9 heteroatoms. The van der Waals surface area contributed by atoms with E-state index in [1.165, 1.54) is 0 Å². The van der Waals surface area contributed by atoms with E-state index < -0.39 is 30.8 Å². The predicted molar refractivity (Wildman–Crippen MR) is 48.4 cm³/mol. The maximum Gasteiger partial charge on any atom is 0.405 e. The topological polar surface area (TPSA) is 78.9 Å². The summed E-state index contributed by atoms with van der Waals surface area (Å²) >= 11 is 0. The number of carboxylic acid groups (broad SMARTS) is 1. The number of carbonyl (C=O) groups excluding carboxylic acids is 1. The zero-order valence-electron chi connectivity index (χ0n) is 8.66. The number of hydrogen-bond acceptors (Lipinski definition) is 3. The first-order chi connectivity index (χ1) is 7.81. The van der Waals surface area contributed by atoms with Crippen molar-refractivity contribution in [2.24, 2.45) is 0 Å². The monoisotopic (exact) mass is 256 g/mol. The van der Waals surface area contributed by atoms with Gasteiger partial charge in [0.25, 0.3) is 0 Å². The lowest BCUT2D eigenvalue weighted by atomic mass is 10.2. The minimum Gasteiger partial charge on any atom is -0.480 e. The Morgan fingerprint density at radius 1 is 1.47 bits per heavy atom. The first kappa shape index (κ1) is 13.6. The quantitative estimate of drug-likeness (QED) is 0.731. The maximum absolute atomic E-state index is 11.9. The second-order valence-corrected chi connectivity index (χ2v) is 3.40. The van der Waals surface area contributed by atoms with E-state index in [-0.39, 0.29) is 19.8 Å². The number of rotatable bonds is 2. The van der Waals surface area contributed by atoms with Gasteiger partial charge in [0.1, 0.15) is 6.54 Å². The highest BCUT2D eigenvalue weighted by molar-refractivity contribution is 5.83. The van der Waals surface area contributed by atoms with Gasteiger partial charge in [0.2, 0.25) is 0 Å². The Balaban J connectivity index is 2.56. The number of halogens is 3. The van der Waals surface area contributed by atoms with Gasteiger partial charge < -0.3 is 20.1 Å². The van der Waals surface area contributed by atoms with Crippen LogP contribution in [0.25, 0.3) is 0 Å². The van der Waals surface area contributed by atoms with Crippen molar-refractivity contribution in [1.29, 1.82) is 0 Å². The second kappa shape index (κ2) is 5.21. The summed E-state index contributed by atoms with van der Waals surface area (Å²) in [4.78, 5) is 22.9. The van der Waals surface area contributed by atoms with Crippen LogP contribution < -0.4 is 5.32 Å². The fourth-order valence-corrected chi connectivity index (χ4v) is 1.33. The third-order valence-electron chi connectivity index (χ3n) is 2.11. The number of carbonyl (C=O) groups is 2. The highest BCUT2D eigenvalue weighted by atomic mass is 19.4. The van der Waals surface area contributed by atoms with Crippen LogP contribution in [0, 0.1) is 0 Å². The Hall–Kier alpha value is -1.51. The van der Waals surface area contributed by atoms with E-state index in [0.717, 1.165) is 4.90 Å². The molecule has 0 aromatic carbocycles. The summed E-state index contributed by atoms with van der Waals surface area (Å²) < 4.78 is 40.4. The highest BCUT2D eigenvalue weighted by Crippen LogP contribution is 2.13. The van der Waals surface area contributed by atoms with Gasteiger partial charge in [-0.25, -0.2) is 9.59 Å². The second-order valence-electron chi connectivity index (χ2n) is 3.40. The molecule has 1 unspecified atom stereocenters. The van der Waals surface area contributed by atoms with Crippen LogP contribution in [-0.4, -0.2) is 60.5 Å². The molecule has 0 aromatic heterocycles. The zero-order chi connectivity index (χ0) is 13.1. The molecule has 1 aliphatic heterocycles. The molecular weight excluding hydrogens is 245 g/mol. The average Bonchev–Trinajstić information content (AvgIpc) is 2.25. The molecule has 6 nitrogen and oxygen atoms in total. The van der Waals surface area contributed by atoms with Crippen LogP contribution in [0.1, 0.15) is 0 Å². The van der Waals surface area contributed by atoms with Crippen molar-refractivity contribution in [2.45, 2.75) is 12.2 Å². The van der Waals surface area contributed by atoms with Crippen LogP contribution in [0.3, 0.4) is 0 Å². The van der Waals surface area contributed by atoms with Crippen LogP contribution in [0.5, 0.6) is 0 Å². The molecule has 1 fully saturated rings. The average molecular weight is 256 g/mol. The Bertz CT molecular complexity index is 308. The van der Waals surface area contributed by atoms with Gasteiger partial charge in [-0.05, 0) is 0 Å². The smallest absolute Gasteiger partial charge is 0.405 e. The third-order valence-corrected chi connectivity index (χ3v) is 2.11. The molecule has 1 heterocycles. The number of nitrogens with one attached hydrogen (secondary N) is 1. The molecule has 0 aromatic rings. The van der Waals surface area contributed by atoms with Crippen LogP contribution in [0.15, 0.2) is 0 Å². The van der Waals surface area contributed by atoms with Crippen molar-refractivity contribution in [2.75, 3.05) is 26.3 Å². The number of alkyl halides is 3. The zero-order valence-corrected chi connectivity index (χ0v) is 8.66. The molecule has 2 N–H and O–H groups in total. The fraction of sp³-hybridized carbons (Fsp3) is 0.750. The molecule has 1 rings (SSSR count). The number of carboxylic acids is 1. The fourth-order valence-electron chi connectivity index (χ4n) is 1.33. The molecule has 0 saturated carbocycles. The molecule has 0 radical (unpaired) electrons. The Morgan fingerprint density at radius 3 is 2.65 bits per heavy atom. The number of morpholine rings is 1. The number of hydrogen-bond donors (Lipinski definition) is 2. The minimum atomic E-state index is -4.53. The normalized spacial score (nSPS) is 21.1. The van der Waals surface area contributed by atoms with E-state index >= 15 is 0 Å². The van der Waals surface area contributed by atoms with Gasteiger partial charge in [-0.3, -0.25) is 0 Å². The first-order valence-electron chi connectivity index (χ1n) is 4.73. The first-order valence-corrected chi connectivity index (χ1v) is 4.73. The molecule has 1 atom stereocenters. The molecule has 98 valence electrons. The van der Waals surface area contributed by atoms with Crippen molar-refractivity contribution in [3.63, 3.8) is 0 Å². The van der Waals surface area contributed by atoms with Crippen LogP contribution in [0.4, 0.5) is 18.0 Å². The lowest BCUT2D eigenvalue weighted by molar-refractivity contribution is -0.147. The third kappa shape index (κ3) is 4.10. The summed E-state index contributed by atoms with van der Waals surface area (Å²) in [5.74, 6) is -1.31. The van der Waals surface area contributed by atoms with E-state index in [2.05, 4.69) is 0 Å². The van der Waals surface area contributed by atoms with Crippen molar-refractivity contribution >= 4 is 12.0 Å². The number of amides is 2. The summed E-state index contributed by atoms with van der Waals surface area (Å²) in [6.07, 6.45) is -4.53. The van der Waals surface area contributed by atoms with Crippen LogP contribution in [0.2, 0.25) is 0 Å². The number of aliphatic carboxylic acids is 1. The number of urea groups is 1. The minimum absolute atomic E-state index is 0.0549. The Kier molecular flexibility index (Phi) is 4.16. The van der Waals surface area contributed by atoms with Gasteiger partial charge in [-0.15, -0.1) is 0 Å². The molecule has 2 amide bonds. The molecular formula is C8H11F3N2O4. The van der Waals surface area contributed by atoms with Crippen LogP contribution in [-0.2, 0) is 9.53 Å². The van der Waals surface area contributed by atoms with Gasteiger partial charge in [0, 0.05) is 6.54 Å². The van der Waals surface area contributed by atoms with Crippen molar-refractivity contribution in [1.82, 2.24) is 10.2 Å². The van der Waals surface area contributed by atoms with E-state index in [4.69, 9.17) is 9.84 Å². The summed E-state index contributed by atoms with van der Waals surface area (Å²) in [5.41, 5.74) is 0. The van der Waals surface area contributed by atoms with Gasteiger partial charge in [0.15, 0.2) is 6.04 Å². The Labute approximate surface area is 94.3 Å². The van der Waals surface area contributed by atoms with Crippen molar-refractivity contribution in [3.05, 3.63) is 0 Å². The summed E-state index contributed by atoms with van der Waals surface area (Å²) in [6.45, 7) is -1.67. The van der Waals surface area contributed by atoms with Crippen LogP contribution >= 0.6 is 0 Å². The van der Waals surface area contributed by atoms with Gasteiger partial charge in [0.05, 0.1) is 13.2 Å². The largest absolute Gasteiger partial charge is 0.480 e. The van der Waals surface area contributed by atoms with Gasteiger partial charge >= 0.3 is 18.2 Å². The molecule has 0 spiro atoms.